The minimum Gasteiger partial charge on any atom is -0.157 e. The normalized spacial score (nSPS) is 29.5. The number of rotatable bonds is 6. The quantitative estimate of drug-likeness (QED) is 0.244. The van der Waals surface area contributed by atoms with Crippen LogP contribution in [0.2, 0.25) is 0 Å². The summed E-state index contributed by atoms with van der Waals surface area (Å²) in [5.74, 6) is 0. The second kappa shape index (κ2) is 9.84. The highest BCUT2D eigenvalue weighted by Crippen LogP contribution is 2.81. The highest BCUT2D eigenvalue weighted by molar-refractivity contribution is 7.87. The van der Waals surface area contributed by atoms with Gasteiger partial charge in [0, 0.05) is 0 Å². The highest BCUT2D eigenvalue weighted by Gasteiger charge is 2.37. The molecule has 0 radical (unpaired) electrons. The van der Waals surface area contributed by atoms with E-state index in [1.165, 1.54) is 0 Å². The summed E-state index contributed by atoms with van der Waals surface area (Å²) in [6, 6.07) is 0. The third kappa shape index (κ3) is 5.24. The number of thiocarbonyl (C=S) groups is 6. The van der Waals surface area contributed by atoms with Crippen LogP contribution in [0.4, 0.5) is 0 Å². The molecule has 0 N–H and O–H groups in total. The van der Waals surface area contributed by atoms with Crippen LogP contribution in [0.15, 0.2) is 42.1 Å². The molecule has 0 aromatic heterocycles. The molecule has 0 aromatic rings. The fraction of sp³-hybridized carbons (Fsp3) is 0. The molecule has 120 valence electrons. The molecule has 0 spiro atoms. The van der Waals surface area contributed by atoms with Crippen molar-refractivity contribution in [1.29, 1.82) is 0 Å². The predicted octanol–water partition coefficient (Wildman–Crippen LogP) is 6.46. The molecule has 0 aliphatic carbocycles. The third-order valence-electron chi connectivity index (χ3n) is 1.77. The molecule has 0 fully saturated rings. The average molecular weight is 483 g/mol. The minimum atomic E-state index is -3.40. The molecule has 1 heterocycles. The van der Waals surface area contributed by atoms with Crippen LogP contribution in [0, 0.1) is 0 Å². The Bertz CT molecular complexity index is 820. The maximum absolute atomic E-state index is 4.62. The molecule has 24 heavy (non-hydrogen) atoms. The molecule has 1 rings (SSSR count). The van der Waals surface area contributed by atoms with Crippen LogP contribution in [0.25, 0.3) is 0 Å². The first-order valence-electron chi connectivity index (χ1n) is 4.97. The molecule has 0 saturated carbocycles. The van der Waals surface area contributed by atoms with Gasteiger partial charge in [-0.3, -0.25) is 0 Å². The van der Waals surface area contributed by atoms with E-state index in [0.717, 1.165) is 0 Å². The molecule has 0 amide bonds. The molecular formula is C6N9P3S6. The summed E-state index contributed by atoms with van der Waals surface area (Å²) in [5.41, 5.74) is 0. The van der Waals surface area contributed by atoms with Crippen molar-refractivity contribution in [3.8, 4) is 0 Å². The molecule has 9 nitrogen and oxygen atoms in total. The Kier molecular flexibility index (Phi) is 8.83. The van der Waals surface area contributed by atoms with Gasteiger partial charge < -0.3 is 0 Å². The van der Waals surface area contributed by atoms with Gasteiger partial charge >= 0.3 is 22.5 Å². The standard InChI is InChI=1S/C6N9P3S6/c19-1-7-16(8-2-20)13-17(9-3-21,10-4-22)15-18(14-16,11-5-23)12-6-24. The van der Waals surface area contributed by atoms with Gasteiger partial charge in [0.25, 0.3) is 0 Å². The lowest BCUT2D eigenvalue weighted by molar-refractivity contribution is 1.47. The summed E-state index contributed by atoms with van der Waals surface area (Å²) in [7, 11) is -10.2. The molecule has 0 saturated heterocycles. The van der Waals surface area contributed by atoms with Crippen LogP contribution in [0.5, 0.6) is 0 Å². The smallest absolute Gasteiger partial charge is 0.157 e. The summed E-state index contributed by atoms with van der Waals surface area (Å²) < 4.78 is 36.0. The third-order valence-corrected chi connectivity index (χ3v) is 11.1. The van der Waals surface area contributed by atoms with Gasteiger partial charge in [-0.25, -0.2) is 0 Å². The molecule has 0 unspecified atom stereocenters. The monoisotopic (exact) mass is 483 g/mol. The van der Waals surface area contributed by atoms with Gasteiger partial charge in [0.1, 0.15) is 0 Å². The molecule has 0 bridgehead atoms. The lowest BCUT2D eigenvalue weighted by Crippen LogP contribution is -1.82. The fourth-order valence-corrected chi connectivity index (χ4v) is 11.1. The summed E-state index contributed by atoms with van der Waals surface area (Å²) in [5, 5.41) is 12.8. The Labute approximate surface area is 168 Å². The van der Waals surface area contributed by atoms with Crippen LogP contribution in [-0.2, 0) is 0 Å². The van der Waals surface area contributed by atoms with E-state index in [1.54, 1.807) is 0 Å². The van der Waals surface area contributed by atoms with Crippen molar-refractivity contribution in [2.24, 2.45) is 42.1 Å². The SMILES string of the molecule is S=C=NP1(N=C=S)=NP(N=C=S)(N=C=S)=NP(N=C=S)(N=C=S)=N1. The van der Waals surface area contributed by atoms with Crippen molar-refractivity contribution in [3.63, 3.8) is 0 Å². The van der Waals surface area contributed by atoms with Crippen LogP contribution >= 0.6 is 95.8 Å². The Balaban J connectivity index is 4.38. The van der Waals surface area contributed by atoms with E-state index in [2.05, 4.69) is 146 Å². The number of isothiocyanates is 6. The van der Waals surface area contributed by atoms with Gasteiger partial charge in [0.15, 0.2) is 0 Å². The van der Waals surface area contributed by atoms with E-state index in [1.807, 2.05) is 0 Å². The van der Waals surface area contributed by atoms with Crippen molar-refractivity contribution in [1.82, 2.24) is 0 Å². The van der Waals surface area contributed by atoms with Crippen molar-refractivity contribution in [2.75, 3.05) is 0 Å². The summed E-state index contributed by atoms with van der Waals surface area (Å²) >= 11 is 27.7. The van der Waals surface area contributed by atoms with Gasteiger partial charge in [-0.2, -0.15) is 13.5 Å². The van der Waals surface area contributed by atoms with Gasteiger partial charge in [-0.1, -0.05) is 0 Å². The maximum Gasteiger partial charge on any atom is 0.329 e. The first-order valence-corrected chi connectivity index (χ1v) is 12.2. The Hall–Kier alpha value is -0.510. The predicted molar refractivity (Wildman–Crippen MR) is 118 cm³/mol. The first-order chi connectivity index (χ1) is 11.5. The lowest BCUT2D eigenvalue weighted by atomic mass is 11.8. The second-order valence-corrected chi connectivity index (χ2v) is 10.7. The van der Waals surface area contributed by atoms with Crippen LogP contribution in [0.3, 0.4) is 0 Å². The number of hydrogen-bond acceptors (Lipinski definition) is 15. The molecule has 18 heteroatoms. The van der Waals surface area contributed by atoms with Crippen LogP contribution in [0.1, 0.15) is 0 Å². The molecular weight excluding hydrogens is 483 g/mol. The molecule has 1 aliphatic heterocycles. The van der Waals surface area contributed by atoms with E-state index >= 15 is 0 Å². The maximum atomic E-state index is 4.62. The lowest BCUT2D eigenvalue weighted by Gasteiger charge is -2.20. The van der Waals surface area contributed by atoms with Gasteiger partial charge in [0.2, 0.25) is 0 Å². The molecule has 0 atom stereocenters. The van der Waals surface area contributed by atoms with Crippen molar-refractivity contribution in [2.45, 2.75) is 0 Å². The second-order valence-electron chi connectivity index (χ2n) is 3.03. The zero-order chi connectivity index (χ0) is 18.1. The average Bonchev–Trinajstić information content (AvgIpc) is 2.48. The zero-order valence-electron chi connectivity index (χ0n) is 10.8. The van der Waals surface area contributed by atoms with E-state index < -0.39 is 22.5 Å². The van der Waals surface area contributed by atoms with Crippen LogP contribution in [-0.4, -0.2) is 31.0 Å². The Morgan fingerprint density at radius 3 is 0.708 bits per heavy atom. The first kappa shape index (κ1) is 21.5. The fourth-order valence-electron chi connectivity index (χ4n) is 1.17. The summed E-state index contributed by atoms with van der Waals surface area (Å²) in [6.45, 7) is 0. The minimum absolute atomic E-state index is 2.14. The van der Waals surface area contributed by atoms with Gasteiger partial charge in [-0.15, -0.1) is 28.6 Å². The highest BCUT2D eigenvalue weighted by atomic mass is 32.1. The number of nitrogens with zero attached hydrogens (tertiary/aromatic N) is 9. The number of hydrogen-bond donors (Lipinski definition) is 0. The van der Waals surface area contributed by atoms with E-state index in [-0.39, 0.29) is 0 Å². The van der Waals surface area contributed by atoms with Crippen molar-refractivity contribution < 1.29 is 0 Å². The summed E-state index contributed by atoms with van der Waals surface area (Å²) in [6.07, 6.45) is 0. The van der Waals surface area contributed by atoms with E-state index in [4.69, 9.17) is 0 Å². The van der Waals surface area contributed by atoms with Crippen molar-refractivity contribution >= 4 is 127 Å². The van der Waals surface area contributed by atoms with E-state index in [0.29, 0.717) is 0 Å². The topological polar surface area (TPSA) is 111 Å². The van der Waals surface area contributed by atoms with Crippen molar-refractivity contribution in [3.05, 3.63) is 0 Å². The van der Waals surface area contributed by atoms with Gasteiger partial charge in [0.05, 0.1) is 31.0 Å². The largest absolute Gasteiger partial charge is 0.329 e. The Morgan fingerprint density at radius 2 is 0.583 bits per heavy atom. The molecule has 1 aliphatic rings. The Morgan fingerprint density at radius 1 is 0.417 bits per heavy atom. The van der Waals surface area contributed by atoms with Crippen LogP contribution < -0.4 is 0 Å². The van der Waals surface area contributed by atoms with E-state index in [9.17, 15) is 0 Å². The zero-order valence-corrected chi connectivity index (χ0v) is 18.4. The van der Waals surface area contributed by atoms with Gasteiger partial charge in [-0.05, 0) is 73.3 Å². The molecule has 0 aromatic carbocycles. The summed E-state index contributed by atoms with van der Waals surface area (Å²) in [4.78, 5) is 0.